The minimum absolute atomic E-state index is 0. The van der Waals surface area contributed by atoms with Crippen molar-refractivity contribution in [2.24, 2.45) is 16.7 Å². The maximum absolute atomic E-state index is 13.3. The quantitative estimate of drug-likeness (QED) is 0.0485. The molecule has 2 aromatic carbocycles. The van der Waals surface area contributed by atoms with Gasteiger partial charge in [-0.2, -0.15) is 0 Å². The molecule has 3 saturated heterocycles. The molecule has 21 nitrogen and oxygen atoms in total. The maximum Gasteiger partial charge on any atom is 0.335 e. The number of carbonyl (C=O) groups is 8. The summed E-state index contributed by atoms with van der Waals surface area (Å²) >= 11 is 0. The van der Waals surface area contributed by atoms with Gasteiger partial charge < -0.3 is 60.7 Å². The standard InChI is InChI=1S/C28H38BNO9.C25H34BNO10.C5H12.6CH4.2U/c1-6-14-7-8-16(12-18-21(33)22(34)23(35)24(39-18)26(37)38)15(11-14)9-10-19(31)28(5,29)30-20(32)13-17(25(30)36)27(2,3)4;1-3-4-13-5-6-15(12-16-20(32)21(33)22(34)23(37-16)24(35)36)14(11-13)7-8-17(28)25(2,26)27-18(29)9-10-19(30)31;1-5(2,3)4;;;;;;;;/h7-8,11,17-18,21-24,33-35H,6,9-10,12-13H2,1-5H3,(H,37,38);5-6,11,16,20-23,32-34H,3-4,7-10,12H2,1-2H3,(H,27,29)(H,30,31)(H,35,36);1-4H3;6*1H4;;/i1D;;;;;;;;;;. The molecule has 5 rings (SSSR count). The van der Waals surface area contributed by atoms with Crippen LogP contribution in [0.1, 0.15) is 194 Å². The fourth-order valence-corrected chi connectivity index (χ4v) is 9.48. The molecule has 25 heteroatoms. The molecular formula is C64H108B2N2O19U2. The monoisotopic (exact) mass is 1710 g/mol. The van der Waals surface area contributed by atoms with Crippen molar-refractivity contribution in [1.29, 1.82) is 0 Å². The third-order valence-corrected chi connectivity index (χ3v) is 14.1. The van der Waals surface area contributed by atoms with Crippen molar-refractivity contribution in [3.63, 3.8) is 0 Å². The molecule has 0 bridgehead atoms. The number of hydrogen-bond donors (Lipinski definition) is 10. The number of rotatable bonds is 22. The Kier molecular flexibility index (Phi) is 43.9. The first kappa shape index (κ1) is 94.4. The van der Waals surface area contributed by atoms with Crippen molar-refractivity contribution < 1.29 is 157 Å². The van der Waals surface area contributed by atoms with Gasteiger partial charge in [-0.05, 0) is 83.7 Å². The number of hydrogen-bond acceptors (Lipinski definition) is 16. The Morgan fingerprint density at radius 1 is 0.596 bits per heavy atom. The number of ketones is 2. The summed E-state index contributed by atoms with van der Waals surface area (Å²) in [7, 11) is 12.3. The number of ether oxygens (including phenoxy) is 2. The SMILES string of the molecule is C.C.C.C.C.C.CC(C)(C)C.[2H]CCc1ccc(CC2OC(C(=O)O)C(O)C(O)C2O)c(CCC(=O)C([B])(C)N2C(=O)CC(C(C)(C)C)C2=O)c1.[B]C(C)(NC(=O)CCC(=O)O)C(=O)CCc1cc(CCC)ccc1CC1OC(C(=O)O)C(O)C(O)C1O.[U].[U]. The van der Waals surface area contributed by atoms with Crippen molar-refractivity contribution >= 4 is 62.9 Å². The zero-order valence-corrected chi connectivity index (χ0v) is 57.5. The van der Waals surface area contributed by atoms with Crippen molar-refractivity contribution in [3.05, 3.63) is 69.8 Å². The van der Waals surface area contributed by atoms with Crippen molar-refractivity contribution in [2.75, 3.05) is 0 Å². The predicted molar refractivity (Wildman–Crippen MR) is 337 cm³/mol. The molecule has 3 amide bonds. The minimum atomic E-state index is -1.86. The van der Waals surface area contributed by atoms with Crippen LogP contribution < -0.4 is 5.32 Å². The number of nitrogens with zero attached hydrogens (tertiary/aromatic N) is 1. The number of carboxylic acid groups (broad SMARTS) is 3. The number of benzene rings is 2. The van der Waals surface area contributed by atoms with Crippen LogP contribution in [0.2, 0.25) is 0 Å². The van der Waals surface area contributed by atoms with E-state index in [2.05, 4.69) is 33.0 Å². The number of likely N-dealkylation sites (tertiary alicyclic amines) is 1. The van der Waals surface area contributed by atoms with Crippen LogP contribution in [0.5, 0.6) is 0 Å². The molecule has 3 aliphatic heterocycles. The van der Waals surface area contributed by atoms with Crippen LogP contribution in [0.3, 0.4) is 0 Å². The zero-order valence-electron chi connectivity index (χ0n) is 50.2. The van der Waals surface area contributed by atoms with Crippen molar-refractivity contribution in [1.82, 2.24) is 10.2 Å². The van der Waals surface area contributed by atoms with E-state index in [0.29, 0.717) is 28.5 Å². The molecule has 89 heavy (non-hydrogen) atoms. The third kappa shape index (κ3) is 28.1. The van der Waals surface area contributed by atoms with Gasteiger partial charge in [0, 0.05) is 102 Å². The van der Waals surface area contributed by atoms with E-state index in [9.17, 15) is 79.2 Å². The van der Waals surface area contributed by atoms with Gasteiger partial charge in [0.1, 0.15) is 63.9 Å². The molecule has 13 unspecified atom stereocenters. The van der Waals surface area contributed by atoms with Gasteiger partial charge in [0.25, 0.3) is 0 Å². The molecule has 3 fully saturated rings. The van der Waals surface area contributed by atoms with E-state index >= 15 is 0 Å². The topological polar surface area (TPSA) is 352 Å². The van der Waals surface area contributed by atoms with Gasteiger partial charge in [-0.3, -0.25) is 33.7 Å². The molecule has 13 atom stereocenters. The first-order chi connectivity index (χ1) is 37.8. The fraction of sp³-hybridized carbons (Fsp3) is 0.688. The predicted octanol–water partition coefficient (Wildman–Crippen LogP) is 5.89. The average molecular weight is 1710 g/mol. The van der Waals surface area contributed by atoms with Crippen LogP contribution in [0.4, 0.5) is 0 Å². The molecule has 0 aromatic heterocycles. The molecule has 2 aromatic rings. The second kappa shape index (κ2) is 41.4. The number of carbonyl (C=O) groups excluding carboxylic acids is 5. The van der Waals surface area contributed by atoms with Crippen molar-refractivity contribution in [3.8, 4) is 0 Å². The third-order valence-electron chi connectivity index (χ3n) is 14.1. The summed E-state index contributed by atoms with van der Waals surface area (Å²) in [5.74, 6) is -7.35. The number of imide groups is 1. The van der Waals surface area contributed by atoms with Gasteiger partial charge >= 0.3 is 17.9 Å². The Bertz CT molecular complexity index is 2590. The van der Waals surface area contributed by atoms with Gasteiger partial charge in [0.05, 0.1) is 35.4 Å². The first-order valence-corrected chi connectivity index (χ1v) is 27.2. The summed E-state index contributed by atoms with van der Waals surface area (Å²) in [6.07, 6.45) is -14.4. The Morgan fingerprint density at radius 2 is 1.00 bits per heavy atom. The van der Waals surface area contributed by atoms with Crippen LogP contribution in [0, 0.1) is 79.0 Å². The van der Waals surface area contributed by atoms with E-state index in [4.69, 9.17) is 31.6 Å². The van der Waals surface area contributed by atoms with Crippen LogP contribution in [-0.2, 0) is 86.4 Å². The van der Waals surface area contributed by atoms with Crippen LogP contribution in [0.15, 0.2) is 36.4 Å². The van der Waals surface area contributed by atoms with E-state index in [0.717, 1.165) is 34.4 Å². The summed E-state index contributed by atoms with van der Waals surface area (Å²) in [5, 5.41) is 90.9. The van der Waals surface area contributed by atoms with Gasteiger partial charge in [0.15, 0.2) is 12.2 Å². The minimum Gasteiger partial charge on any atom is -0.481 e. The Morgan fingerprint density at radius 3 is 1.37 bits per heavy atom. The second-order valence-electron chi connectivity index (χ2n) is 24.3. The second-order valence-corrected chi connectivity index (χ2v) is 24.3. The molecular weight excluding hydrogens is 1600 g/mol. The van der Waals surface area contributed by atoms with Gasteiger partial charge in [-0.25, -0.2) is 9.59 Å². The van der Waals surface area contributed by atoms with Crippen LogP contribution in [0.25, 0.3) is 0 Å². The maximum atomic E-state index is 13.3. The molecule has 3 heterocycles. The van der Waals surface area contributed by atoms with Crippen LogP contribution >= 0.6 is 0 Å². The van der Waals surface area contributed by atoms with Gasteiger partial charge in [-0.1, -0.05) is 150 Å². The molecule has 0 aliphatic carbocycles. The number of carboxylic acids is 3. The fourth-order valence-electron chi connectivity index (χ4n) is 9.48. The average Bonchev–Trinajstić information content (AvgIpc) is 2.14. The number of Topliss-reactive ketones (excluding diaryl/α,β-unsaturated/α-hetero) is 2. The van der Waals surface area contributed by atoms with E-state index < -0.39 is 137 Å². The number of amides is 3. The smallest absolute Gasteiger partial charge is 0.335 e. The summed E-state index contributed by atoms with van der Waals surface area (Å²) in [6.45, 7) is 19.1. The van der Waals surface area contributed by atoms with E-state index in [1.54, 1.807) is 24.3 Å². The summed E-state index contributed by atoms with van der Waals surface area (Å²) in [6, 6.07) is 10.8. The summed E-state index contributed by atoms with van der Waals surface area (Å²) < 4.78 is 18.4. The molecule has 502 valence electrons. The molecule has 10 N–H and O–H groups in total. The number of aryl methyl sites for hydroxylation is 4. The van der Waals surface area contributed by atoms with Crippen molar-refractivity contribution in [2.45, 2.75) is 270 Å². The first-order valence-electron chi connectivity index (χ1n) is 27.9. The number of aliphatic carboxylic acids is 3. The number of aliphatic hydroxyl groups is 6. The van der Waals surface area contributed by atoms with Gasteiger partial charge in [-0.15, -0.1) is 0 Å². The van der Waals surface area contributed by atoms with E-state index in [1.807, 2.05) is 39.8 Å². The Labute approximate surface area is 582 Å². The number of nitrogens with one attached hydrogen (secondary N) is 1. The largest absolute Gasteiger partial charge is 0.481 e. The molecule has 4 radical (unpaired) electrons. The Balaban J connectivity index is -0.000000337. The zero-order chi connectivity index (χ0) is 62.6. The number of aliphatic hydroxyl groups excluding tert-OH is 6. The normalized spacial score (nSPS) is 24.2. The molecule has 3 aliphatic rings. The van der Waals surface area contributed by atoms with Crippen LogP contribution in [-0.4, -0.2) is 186 Å². The molecule has 0 saturated carbocycles. The molecule has 0 spiro atoms. The van der Waals surface area contributed by atoms with E-state index in [-0.39, 0.29) is 165 Å². The van der Waals surface area contributed by atoms with Gasteiger partial charge in [0.2, 0.25) is 17.7 Å². The summed E-state index contributed by atoms with van der Waals surface area (Å²) in [5.41, 5.74) is 0.864. The summed E-state index contributed by atoms with van der Waals surface area (Å²) in [4.78, 5) is 98.4. The van der Waals surface area contributed by atoms with E-state index in [1.165, 1.54) is 13.8 Å². The Hall–Kier alpha value is -3.29.